The number of para-hydroxylation sites is 1. The lowest BCUT2D eigenvalue weighted by molar-refractivity contribution is 0.714. The molecule has 0 fully saturated rings. The Bertz CT molecular complexity index is 1290. The summed E-state index contributed by atoms with van der Waals surface area (Å²) in [5.74, 6) is 0. The van der Waals surface area contributed by atoms with Gasteiger partial charge in [-0.3, -0.25) is 13.9 Å². The van der Waals surface area contributed by atoms with E-state index < -0.39 is 0 Å². The van der Waals surface area contributed by atoms with Gasteiger partial charge in [0.2, 0.25) is 0 Å². The van der Waals surface area contributed by atoms with Gasteiger partial charge in [0.15, 0.2) is 0 Å². The van der Waals surface area contributed by atoms with Crippen LogP contribution in [0.4, 0.5) is 0 Å². The lowest BCUT2D eigenvalue weighted by Crippen LogP contribution is -2.36. The van der Waals surface area contributed by atoms with Crippen LogP contribution >= 0.6 is 15.9 Å². The van der Waals surface area contributed by atoms with Crippen molar-refractivity contribution in [3.05, 3.63) is 85.6 Å². The van der Waals surface area contributed by atoms with Crippen LogP contribution in [-0.4, -0.2) is 13.7 Å². The van der Waals surface area contributed by atoms with E-state index in [0.29, 0.717) is 10.9 Å². The third-order valence-electron chi connectivity index (χ3n) is 4.88. The lowest BCUT2D eigenvalue weighted by Gasteiger charge is -2.12. The first-order chi connectivity index (χ1) is 12.9. The molecule has 0 radical (unpaired) electrons. The molecule has 0 aliphatic heterocycles. The highest BCUT2D eigenvalue weighted by molar-refractivity contribution is 9.10. The molecule has 6 heteroatoms. The Morgan fingerprint density at radius 3 is 2.22 bits per heavy atom. The molecule has 2 aromatic heterocycles. The van der Waals surface area contributed by atoms with Crippen LogP contribution in [-0.2, 0) is 14.1 Å². The molecular weight excluding hydrogens is 406 g/mol. The van der Waals surface area contributed by atoms with Crippen LogP contribution in [0.5, 0.6) is 0 Å². The highest BCUT2D eigenvalue weighted by Crippen LogP contribution is 2.33. The van der Waals surface area contributed by atoms with Crippen molar-refractivity contribution in [3.63, 3.8) is 0 Å². The van der Waals surface area contributed by atoms with Crippen molar-refractivity contribution >= 4 is 26.8 Å². The second kappa shape index (κ2) is 6.39. The molecular formula is C21H18BrN3O2. The van der Waals surface area contributed by atoms with Crippen LogP contribution in [0.25, 0.3) is 27.8 Å². The summed E-state index contributed by atoms with van der Waals surface area (Å²) in [5.41, 5.74) is 3.70. The van der Waals surface area contributed by atoms with Gasteiger partial charge in [0, 0.05) is 24.8 Å². The van der Waals surface area contributed by atoms with Gasteiger partial charge in [0.05, 0.1) is 22.3 Å². The molecule has 4 rings (SSSR count). The SMILES string of the molecule is Cc1ccc(-c2c3c(=O)n(C)c(=O)n(C)c3cn2-c2ccccc2Br)cc1. The van der Waals surface area contributed by atoms with Crippen molar-refractivity contribution in [2.45, 2.75) is 6.92 Å². The molecule has 5 nitrogen and oxygen atoms in total. The molecule has 0 spiro atoms. The Morgan fingerprint density at radius 1 is 0.889 bits per heavy atom. The minimum absolute atomic E-state index is 0.297. The van der Waals surface area contributed by atoms with Crippen molar-refractivity contribution < 1.29 is 0 Å². The summed E-state index contributed by atoms with van der Waals surface area (Å²) in [6.45, 7) is 2.03. The van der Waals surface area contributed by atoms with Gasteiger partial charge in [0.25, 0.3) is 5.56 Å². The number of aromatic nitrogens is 3. The Hall–Kier alpha value is -2.86. The van der Waals surface area contributed by atoms with Gasteiger partial charge < -0.3 is 4.57 Å². The Balaban J connectivity index is 2.23. The number of fused-ring (bicyclic) bond motifs is 1. The van der Waals surface area contributed by atoms with Crippen LogP contribution in [0, 0.1) is 6.92 Å². The van der Waals surface area contributed by atoms with Gasteiger partial charge >= 0.3 is 5.69 Å². The fraction of sp³-hybridized carbons (Fsp3) is 0.143. The van der Waals surface area contributed by atoms with E-state index in [9.17, 15) is 9.59 Å². The highest BCUT2D eigenvalue weighted by Gasteiger charge is 2.20. The number of aryl methyl sites for hydroxylation is 2. The normalized spacial score (nSPS) is 11.3. The summed E-state index contributed by atoms with van der Waals surface area (Å²) in [6.07, 6.45) is 1.85. The number of rotatable bonds is 2. The fourth-order valence-electron chi connectivity index (χ4n) is 3.37. The summed E-state index contributed by atoms with van der Waals surface area (Å²) in [5, 5.41) is 0.527. The highest BCUT2D eigenvalue weighted by atomic mass is 79.9. The number of nitrogens with zero attached hydrogens (tertiary/aromatic N) is 3. The molecule has 0 bridgehead atoms. The second-order valence-corrected chi connectivity index (χ2v) is 7.49. The molecule has 0 saturated carbocycles. The quantitative estimate of drug-likeness (QED) is 0.492. The predicted molar refractivity (Wildman–Crippen MR) is 112 cm³/mol. The standard InChI is InChI=1S/C21H18BrN3O2/c1-13-8-10-14(11-9-13)19-18-17(23(2)21(27)24(3)20(18)26)12-25(19)16-7-5-4-6-15(16)22/h4-12H,1-3H3. The summed E-state index contributed by atoms with van der Waals surface area (Å²) in [7, 11) is 3.20. The first-order valence-corrected chi connectivity index (χ1v) is 9.32. The maximum absolute atomic E-state index is 13.0. The topological polar surface area (TPSA) is 48.9 Å². The predicted octanol–water partition coefficient (Wildman–Crippen LogP) is 3.77. The maximum Gasteiger partial charge on any atom is 0.330 e. The van der Waals surface area contributed by atoms with E-state index in [-0.39, 0.29) is 11.2 Å². The number of benzene rings is 2. The van der Waals surface area contributed by atoms with Crippen molar-refractivity contribution in [1.29, 1.82) is 0 Å². The third-order valence-corrected chi connectivity index (χ3v) is 5.55. The van der Waals surface area contributed by atoms with Gasteiger partial charge in [-0.25, -0.2) is 4.79 Å². The van der Waals surface area contributed by atoms with Gasteiger partial charge in [-0.15, -0.1) is 0 Å². The fourth-order valence-corrected chi connectivity index (χ4v) is 3.85. The zero-order valence-electron chi connectivity index (χ0n) is 15.2. The molecule has 0 atom stereocenters. The van der Waals surface area contributed by atoms with Crippen LogP contribution < -0.4 is 11.2 Å². The van der Waals surface area contributed by atoms with Gasteiger partial charge in [-0.2, -0.15) is 0 Å². The van der Waals surface area contributed by atoms with Crippen molar-refractivity contribution in [1.82, 2.24) is 13.7 Å². The van der Waals surface area contributed by atoms with Gasteiger partial charge in [0.1, 0.15) is 0 Å². The largest absolute Gasteiger partial charge is 0.330 e. The van der Waals surface area contributed by atoms with E-state index in [1.165, 1.54) is 11.6 Å². The van der Waals surface area contributed by atoms with E-state index in [1.807, 2.05) is 66.2 Å². The van der Waals surface area contributed by atoms with E-state index in [4.69, 9.17) is 0 Å². The monoisotopic (exact) mass is 423 g/mol. The maximum atomic E-state index is 13.0. The van der Waals surface area contributed by atoms with Gasteiger partial charge in [-0.1, -0.05) is 42.0 Å². The number of halogens is 1. The van der Waals surface area contributed by atoms with Crippen LogP contribution in [0.15, 0.2) is 68.8 Å². The van der Waals surface area contributed by atoms with Crippen LogP contribution in [0.2, 0.25) is 0 Å². The molecule has 0 amide bonds. The third kappa shape index (κ3) is 2.68. The first-order valence-electron chi connectivity index (χ1n) is 8.53. The Kier molecular flexibility index (Phi) is 4.15. The summed E-state index contributed by atoms with van der Waals surface area (Å²) >= 11 is 3.60. The molecule has 4 aromatic rings. The van der Waals surface area contributed by atoms with Crippen molar-refractivity contribution in [3.8, 4) is 16.9 Å². The molecule has 0 saturated heterocycles. The molecule has 0 aliphatic rings. The van der Waals surface area contributed by atoms with E-state index in [2.05, 4.69) is 15.9 Å². The molecule has 27 heavy (non-hydrogen) atoms. The Morgan fingerprint density at radius 2 is 1.56 bits per heavy atom. The number of hydrogen-bond donors (Lipinski definition) is 0. The summed E-state index contributed by atoms with van der Waals surface area (Å²) < 4.78 is 5.55. The van der Waals surface area contributed by atoms with Crippen molar-refractivity contribution in [2.75, 3.05) is 0 Å². The van der Waals surface area contributed by atoms with Crippen LogP contribution in [0.3, 0.4) is 0 Å². The van der Waals surface area contributed by atoms with E-state index >= 15 is 0 Å². The molecule has 2 aromatic carbocycles. The molecule has 0 unspecified atom stereocenters. The smallest absolute Gasteiger partial charge is 0.312 e. The zero-order chi connectivity index (χ0) is 19.3. The molecule has 0 N–H and O–H groups in total. The van der Waals surface area contributed by atoms with Gasteiger partial charge in [-0.05, 0) is 40.5 Å². The second-order valence-electron chi connectivity index (χ2n) is 6.63. The minimum Gasteiger partial charge on any atom is -0.312 e. The molecule has 2 heterocycles. The summed E-state index contributed by atoms with van der Waals surface area (Å²) in [4.78, 5) is 25.4. The van der Waals surface area contributed by atoms with E-state index in [1.54, 1.807) is 7.05 Å². The van der Waals surface area contributed by atoms with E-state index in [0.717, 1.165) is 31.5 Å². The Labute approximate surface area is 164 Å². The molecule has 0 aliphatic carbocycles. The average Bonchev–Trinajstić information content (AvgIpc) is 3.06. The minimum atomic E-state index is -0.341. The number of hydrogen-bond acceptors (Lipinski definition) is 2. The first kappa shape index (κ1) is 17.5. The van der Waals surface area contributed by atoms with Crippen LogP contribution in [0.1, 0.15) is 5.56 Å². The zero-order valence-corrected chi connectivity index (χ0v) is 16.8. The van der Waals surface area contributed by atoms with Crippen molar-refractivity contribution in [2.24, 2.45) is 14.1 Å². The average molecular weight is 424 g/mol. The summed E-state index contributed by atoms with van der Waals surface area (Å²) in [6, 6.07) is 15.9. The lowest BCUT2D eigenvalue weighted by atomic mass is 10.1. The molecule has 136 valence electrons.